The summed E-state index contributed by atoms with van der Waals surface area (Å²) in [6.45, 7) is -0.404. The van der Waals surface area contributed by atoms with Crippen LogP contribution < -0.4 is 0 Å². The third kappa shape index (κ3) is 4.71. The van der Waals surface area contributed by atoms with Gasteiger partial charge in [0.25, 0.3) is 0 Å². The van der Waals surface area contributed by atoms with Gasteiger partial charge in [0, 0.05) is 52.3 Å². The van der Waals surface area contributed by atoms with E-state index in [-0.39, 0.29) is 6.10 Å². The highest BCUT2D eigenvalue weighted by Crippen LogP contribution is 2.33. The Labute approximate surface area is 165 Å². The molecule has 0 radical (unpaired) electrons. The summed E-state index contributed by atoms with van der Waals surface area (Å²) in [6, 6.07) is 10.6. The van der Waals surface area contributed by atoms with Gasteiger partial charge in [0.05, 0.1) is 6.10 Å². The van der Waals surface area contributed by atoms with Gasteiger partial charge in [0.1, 0.15) is 0 Å². The van der Waals surface area contributed by atoms with Gasteiger partial charge in [-0.3, -0.25) is 0 Å². The highest BCUT2D eigenvalue weighted by Gasteiger charge is 2.25. The Balaban J connectivity index is 1.41. The molecule has 3 nitrogen and oxygen atoms in total. The summed E-state index contributed by atoms with van der Waals surface area (Å²) in [6.07, 6.45) is 3.33. The number of fused-ring (bicyclic) bond motifs is 1. The third-order valence-electron chi connectivity index (χ3n) is 4.92. The molecule has 1 fully saturated rings. The number of likely N-dealkylation sites (tertiary alicyclic amines) is 1. The van der Waals surface area contributed by atoms with Gasteiger partial charge in [-0.1, -0.05) is 12.1 Å². The van der Waals surface area contributed by atoms with E-state index in [1.807, 2.05) is 11.8 Å². The van der Waals surface area contributed by atoms with Crippen LogP contribution in [0.5, 0.6) is 0 Å². The minimum absolute atomic E-state index is 0.343. The van der Waals surface area contributed by atoms with Crippen LogP contribution in [0.3, 0.4) is 0 Å². The number of hydrogen-bond donors (Lipinski definition) is 1. The fourth-order valence-corrected chi connectivity index (χ4v) is 5.51. The smallest absolute Gasteiger partial charge is 0.345 e. The van der Waals surface area contributed by atoms with Crippen molar-refractivity contribution < 1.29 is 13.5 Å². The minimum atomic E-state index is -2.67. The van der Waals surface area contributed by atoms with E-state index >= 15 is 0 Å². The van der Waals surface area contributed by atoms with Crippen molar-refractivity contribution in [3.63, 3.8) is 0 Å². The normalized spacial score (nSPS) is 18.1. The lowest BCUT2D eigenvalue weighted by Crippen LogP contribution is -2.26. The van der Waals surface area contributed by atoms with Crippen LogP contribution in [0.25, 0.3) is 10.9 Å². The van der Waals surface area contributed by atoms with Gasteiger partial charge >= 0.3 is 6.61 Å². The first-order valence-corrected chi connectivity index (χ1v) is 11.0. The zero-order valence-electron chi connectivity index (χ0n) is 14.9. The van der Waals surface area contributed by atoms with Crippen molar-refractivity contribution in [2.24, 2.45) is 0 Å². The first kappa shape index (κ1) is 18.9. The Bertz CT molecular complexity index is 866. The monoisotopic (exact) mass is 408 g/mol. The average Bonchev–Trinajstić information content (AvgIpc) is 3.39. The maximum absolute atomic E-state index is 12.4. The zero-order valence-corrected chi connectivity index (χ0v) is 16.5. The molecular weight excluding hydrogens is 386 g/mol. The zero-order chi connectivity index (χ0) is 18.6. The molecule has 27 heavy (non-hydrogen) atoms. The topological polar surface area (TPSA) is 28.3 Å². The highest BCUT2D eigenvalue weighted by molar-refractivity contribution is 7.98. The Morgan fingerprint density at radius 3 is 3.04 bits per heavy atom. The summed E-state index contributed by atoms with van der Waals surface area (Å²) in [5.74, 6) is 0.972. The average molecular weight is 409 g/mol. The molecule has 3 heterocycles. The molecule has 1 saturated heterocycles. The number of nitrogens with zero attached hydrogens (tertiary/aromatic N) is 1. The Morgan fingerprint density at radius 2 is 2.22 bits per heavy atom. The van der Waals surface area contributed by atoms with Crippen LogP contribution in [0, 0.1) is 0 Å². The number of rotatable bonds is 8. The van der Waals surface area contributed by atoms with E-state index in [2.05, 4.69) is 56.5 Å². The van der Waals surface area contributed by atoms with E-state index < -0.39 is 6.61 Å². The van der Waals surface area contributed by atoms with E-state index in [1.54, 1.807) is 11.3 Å². The number of aromatic nitrogens is 1. The molecule has 1 aromatic carbocycles. The number of alkyl halides is 2. The molecule has 0 aliphatic carbocycles. The molecule has 0 unspecified atom stereocenters. The summed E-state index contributed by atoms with van der Waals surface area (Å²) in [5.41, 5.74) is 2.44. The Hall–Kier alpha value is -1.41. The van der Waals surface area contributed by atoms with Gasteiger partial charge < -0.3 is 14.6 Å². The van der Waals surface area contributed by atoms with Crippen molar-refractivity contribution in [3.8, 4) is 0 Å². The second kappa shape index (κ2) is 8.73. The summed E-state index contributed by atoms with van der Waals surface area (Å²) in [7, 11) is 0. The number of halogens is 2. The van der Waals surface area contributed by atoms with E-state index in [9.17, 15) is 8.78 Å². The molecule has 1 atom stereocenters. The molecule has 144 valence electrons. The first-order chi connectivity index (χ1) is 13.2. The molecule has 0 spiro atoms. The maximum Gasteiger partial charge on any atom is 0.345 e. The van der Waals surface area contributed by atoms with Crippen molar-refractivity contribution in [2.75, 3.05) is 19.6 Å². The van der Waals surface area contributed by atoms with Gasteiger partial charge in [-0.2, -0.15) is 8.78 Å². The number of thioether (sulfide) groups is 1. The van der Waals surface area contributed by atoms with Crippen molar-refractivity contribution in [3.05, 3.63) is 52.3 Å². The number of nitrogens with one attached hydrogen (secondary N) is 1. The summed E-state index contributed by atoms with van der Waals surface area (Å²) in [4.78, 5) is 8.26. The molecule has 2 aromatic heterocycles. The molecule has 3 aromatic rings. The molecule has 0 saturated carbocycles. The lowest BCUT2D eigenvalue weighted by Gasteiger charge is -2.16. The molecule has 4 rings (SSSR count). The SMILES string of the molecule is FC(F)O[C@H]1CCN(CCc2c[nH]c3cccc(SCc4cccs4)c23)C1. The fraction of sp³-hybridized carbons (Fsp3) is 0.400. The molecule has 7 heteroatoms. The van der Waals surface area contributed by atoms with Crippen LogP contribution in [0.1, 0.15) is 16.9 Å². The van der Waals surface area contributed by atoms with E-state index in [1.165, 1.54) is 20.7 Å². The number of benzene rings is 1. The summed E-state index contributed by atoms with van der Waals surface area (Å²) >= 11 is 3.65. The van der Waals surface area contributed by atoms with E-state index in [0.717, 1.165) is 30.8 Å². The molecule has 1 N–H and O–H groups in total. The maximum atomic E-state index is 12.4. The Kier molecular flexibility index (Phi) is 6.12. The lowest BCUT2D eigenvalue weighted by molar-refractivity contribution is -0.158. The molecule has 0 bridgehead atoms. The second-order valence-corrected chi connectivity index (χ2v) is 8.77. The lowest BCUT2D eigenvalue weighted by atomic mass is 10.1. The van der Waals surface area contributed by atoms with Crippen LogP contribution in [0.2, 0.25) is 0 Å². The van der Waals surface area contributed by atoms with Crippen molar-refractivity contribution in [2.45, 2.75) is 36.2 Å². The predicted molar refractivity (Wildman–Crippen MR) is 108 cm³/mol. The van der Waals surface area contributed by atoms with Gasteiger partial charge in [-0.25, -0.2) is 0 Å². The molecular formula is C20H22F2N2OS2. The fourth-order valence-electron chi connectivity index (χ4n) is 3.62. The minimum Gasteiger partial charge on any atom is -0.361 e. The quantitative estimate of drug-likeness (QED) is 0.508. The Morgan fingerprint density at radius 1 is 1.30 bits per heavy atom. The predicted octanol–water partition coefficient (Wildman–Crippen LogP) is 5.38. The highest BCUT2D eigenvalue weighted by atomic mass is 32.2. The van der Waals surface area contributed by atoms with Crippen LogP contribution >= 0.6 is 23.1 Å². The van der Waals surface area contributed by atoms with Gasteiger partial charge in [0.2, 0.25) is 0 Å². The van der Waals surface area contributed by atoms with Crippen molar-refractivity contribution >= 4 is 34.0 Å². The summed E-state index contributed by atoms with van der Waals surface area (Å²) < 4.78 is 29.4. The number of H-pyrrole nitrogens is 1. The van der Waals surface area contributed by atoms with Crippen LogP contribution in [-0.2, 0) is 16.9 Å². The first-order valence-electron chi connectivity index (χ1n) is 9.09. The second-order valence-electron chi connectivity index (χ2n) is 6.72. The van der Waals surface area contributed by atoms with Crippen LogP contribution in [-0.4, -0.2) is 42.2 Å². The van der Waals surface area contributed by atoms with Gasteiger partial charge in [0.15, 0.2) is 0 Å². The van der Waals surface area contributed by atoms with E-state index in [0.29, 0.717) is 13.0 Å². The van der Waals surface area contributed by atoms with Gasteiger partial charge in [-0.05, 0) is 42.0 Å². The van der Waals surface area contributed by atoms with E-state index in [4.69, 9.17) is 0 Å². The van der Waals surface area contributed by atoms with Gasteiger partial charge in [-0.15, -0.1) is 23.1 Å². The number of ether oxygens (including phenoxy) is 1. The number of aromatic amines is 1. The third-order valence-corrected chi connectivity index (χ3v) is 7.09. The standard InChI is InChI=1S/C20H22F2N2OS2/c21-20(22)25-15-7-9-24(12-15)8-6-14-11-23-17-4-1-5-18(19(14)17)27-13-16-3-2-10-26-16/h1-5,10-11,15,20,23H,6-9,12-13H2/t15-/m0/s1. The number of thiophene rings is 1. The number of hydrogen-bond acceptors (Lipinski definition) is 4. The van der Waals surface area contributed by atoms with Crippen LogP contribution in [0.4, 0.5) is 8.78 Å². The molecule has 0 amide bonds. The summed E-state index contributed by atoms with van der Waals surface area (Å²) in [5, 5.41) is 3.40. The van der Waals surface area contributed by atoms with Crippen molar-refractivity contribution in [1.29, 1.82) is 0 Å². The molecule has 1 aliphatic rings. The van der Waals surface area contributed by atoms with Crippen LogP contribution in [0.15, 0.2) is 46.8 Å². The molecule has 1 aliphatic heterocycles. The largest absolute Gasteiger partial charge is 0.361 e. The van der Waals surface area contributed by atoms with Crippen molar-refractivity contribution in [1.82, 2.24) is 9.88 Å².